The van der Waals surface area contributed by atoms with E-state index in [4.69, 9.17) is 0 Å². The summed E-state index contributed by atoms with van der Waals surface area (Å²) in [6, 6.07) is 8.43. The molecule has 1 aromatic heterocycles. The molecule has 0 N–H and O–H groups in total. The highest BCUT2D eigenvalue weighted by molar-refractivity contribution is 7.10. The number of thiophene rings is 1. The Hall–Kier alpha value is -2.21. The van der Waals surface area contributed by atoms with Crippen LogP contribution >= 0.6 is 11.3 Å². The first-order valence-electron chi connectivity index (χ1n) is 9.87. The van der Waals surface area contributed by atoms with E-state index in [2.05, 4.69) is 6.07 Å². The number of amides is 2. The van der Waals surface area contributed by atoms with Crippen LogP contribution in [0.1, 0.15) is 48.7 Å². The number of nitrogens with zero attached hydrogens (tertiary/aromatic N) is 2. The van der Waals surface area contributed by atoms with E-state index in [0.717, 1.165) is 30.4 Å². The minimum absolute atomic E-state index is 0.0351. The second-order valence-electron chi connectivity index (χ2n) is 7.94. The van der Waals surface area contributed by atoms with Crippen LogP contribution in [0.3, 0.4) is 0 Å². The van der Waals surface area contributed by atoms with Gasteiger partial charge in [-0.2, -0.15) is 0 Å². The molecule has 2 amide bonds. The van der Waals surface area contributed by atoms with Gasteiger partial charge in [0.25, 0.3) is 0 Å². The largest absolute Gasteiger partial charge is 0.330 e. The smallest absolute Gasteiger partial charge is 0.243 e. The van der Waals surface area contributed by atoms with Gasteiger partial charge >= 0.3 is 0 Å². The summed E-state index contributed by atoms with van der Waals surface area (Å²) in [5.74, 6) is -0.397. The van der Waals surface area contributed by atoms with E-state index in [1.807, 2.05) is 24.1 Å². The molecule has 2 aromatic rings. The average Bonchev–Trinajstić information content (AvgIpc) is 3.41. The molecule has 148 valence electrons. The van der Waals surface area contributed by atoms with Crippen molar-refractivity contribution in [3.63, 3.8) is 0 Å². The number of fused-ring (bicyclic) bond motifs is 1. The maximum absolute atomic E-state index is 13.5. The number of hydrogen-bond acceptors (Lipinski definition) is 3. The van der Waals surface area contributed by atoms with Gasteiger partial charge in [-0.1, -0.05) is 26.0 Å². The summed E-state index contributed by atoms with van der Waals surface area (Å²) in [6.07, 6.45) is 2.77. The fourth-order valence-electron chi connectivity index (χ4n) is 3.93. The third-order valence-corrected chi connectivity index (χ3v) is 6.54. The molecule has 0 unspecified atom stereocenters. The van der Waals surface area contributed by atoms with Crippen LogP contribution in [0, 0.1) is 11.7 Å². The van der Waals surface area contributed by atoms with E-state index >= 15 is 0 Å². The minimum atomic E-state index is -0.287. The fourth-order valence-corrected chi connectivity index (χ4v) is 4.83. The zero-order valence-corrected chi connectivity index (χ0v) is 17.0. The highest BCUT2D eigenvalue weighted by atomic mass is 32.1. The molecule has 1 atom stereocenters. The maximum atomic E-state index is 13.5. The lowest BCUT2D eigenvalue weighted by atomic mass is 9.93. The molecule has 6 heteroatoms. The van der Waals surface area contributed by atoms with Crippen molar-refractivity contribution in [2.75, 3.05) is 13.1 Å². The number of carbonyl (C=O) groups is 2. The molecule has 1 saturated carbocycles. The summed E-state index contributed by atoms with van der Waals surface area (Å²) < 4.78 is 13.5. The van der Waals surface area contributed by atoms with E-state index in [1.54, 1.807) is 28.4 Å². The molecule has 2 aliphatic rings. The lowest BCUT2D eigenvalue weighted by Crippen LogP contribution is -2.48. The van der Waals surface area contributed by atoms with Crippen molar-refractivity contribution in [1.29, 1.82) is 0 Å². The van der Waals surface area contributed by atoms with Crippen molar-refractivity contribution in [2.45, 2.75) is 45.2 Å². The van der Waals surface area contributed by atoms with Gasteiger partial charge in [-0.3, -0.25) is 9.59 Å². The van der Waals surface area contributed by atoms with Crippen LogP contribution in [0.25, 0.3) is 0 Å². The summed E-state index contributed by atoms with van der Waals surface area (Å²) in [4.78, 5) is 30.8. The van der Waals surface area contributed by atoms with Crippen LogP contribution in [0.15, 0.2) is 35.7 Å². The average molecular weight is 401 g/mol. The standard InChI is InChI=1S/C22H25FN2O2S/c1-14(2)22(27)25(17-7-8-17)13-20(26)24-11-9-19-18(10-12-28-19)21(24)15-3-5-16(23)6-4-15/h3-6,10,12,14,17,21H,7-9,11,13H2,1-2H3/t21-/m0/s1. The number of benzene rings is 1. The van der Waals surface area contributed by atoms with Crippen molar-refractivity contribution in [3.05, 3.63) is 57.5 Å². The highest BCUT2D eigenvalue weighted by Gasteiger charge is 2.38. The van der Waals surface area contributed by atoms with Crippen molar-refractivity contribution >= 4 is 23.2 Å². The normalized spacial score (nSPS) is 18.9. The Morgan fingerprint density at radius 1 is 1.21 bits per heavy atom. The number of rotatable bonds is 5. The lowest BCUT2D eigenvalue weighted by molar-refractivity contribution is -0.144. The van der Waals surface area contributed by atoms with E-state index < -0.39 is 0 Å². The van der Waals surface area contributed by atoms with E-state index in [-0.39, 0.29) is 42.2 Å². The zero-order chi connectivity index (χ0) is 19.8. The summed E-state index contributed by atoms with van der Waals surface area (Å²) in [5.41, 5.74) is 2.02. The number of halogens is 1. The first kappa shape index (κ1) is 19.1. The Kier molecular flexibility index (Phi) is 5.23. The molecule has 1 aromatic carbocycles. The van der Waals surface area contributed by atoms with Gasteiger partial charge in [0.1, 0.15) is 12.4 Å². The topological polar surface area (TPSA) is 40.6 Å². The Labute approximate surface area is 169 Å². The number of hydrogen-bond donors (Lipinski definition) is 0. The zero-order valence-electron chi connectivity index (χ0n) is 16.2. The molecule has 4 rings (SSSR count). The van der Waals surface area contributed by atoms with E-state index in [9.17, 15) is 14.0 Å². The Bertz CT molecular complexity index is 873. The molecule has 0 bridgehead atoms. The minimum Gasteiger partial charge on any atom is -0.330 e. The Morgan fingerprint density at radius 3 is 2.57 bits per heavy atom. The molecule has 2 heterocycles. The molecular weight excluding hydrogens is 375 g/mol. The Balaban J connectivity index is 1.62. The van der Waals surface area contributed by atoms with E-state index in [0.29, 0.717) is 6.54 Å². The van der Waals surface area contributed by atoms with Gasteiger partial charge in [0.2, 0.25) is 11.8 Å². The molecule has 1 aliphatic carbocycles. The summed E-state index contributed by atoms with van der Waals surface area (Å²) in [6.45, 7) is 4.49. The van der Waals surface area contributed by atoms with Gasteiger partial charge in [0.15, 0.2) is 0 Å². The maximum Gasteiger partial charge on any atom is 0.243 e. The van der Waals surface area contributed by atoms with Gasteiger partial charge in [-0.05, 0) is 54.0 Å². The summed E-state index contributed by atoms with van der Waals surface area (Å²) in [7, 11) is 0. The van der Waals surface area contributed by atoms with Crippen molar-refractivity contribution in [2.24, 2.45) is 5.92 Å². The first-order valence-corrected chi connectivity index (χ1v) is 10.8. The Morgan fingerprint density at radius 2 is 1.93 bits per heavy atom. The first-order chi connectivity index (χ1) is 13.5. The third-order valence-electron chi connectivity index (χ3n) is 5.54. The van der Waals surface area contributed by atoms with Crippen LogP contribution in [0.2, 0.25) is 0 Å². The van der Waals surface area contributed by atoms with Crippen molar-refractivity contribution in [3.8, 4) is 0 Å². The van der Waals surface area contributed by atoms with E-state index in [1.165, 1.54) is 17.0 Å². The molecule has 0 radical (unpaired) electrons. The monoisotopic (exact) mass is 400 g/mol. The predicted octanol–water partition coefficient (Wildman–Crippen LogP) is 4.01. The molecule has 4 nitrogen and oxygen atoms in total. The predicted molar refractivity (Wildman–Crippen MR) is 108 cm³/mol. The molecule has 0 spiro atoms. The molecule has 1 aliphatic heterocycles. The molecular formula is C22H25FN2O2S. The van der Waals surface area contributed by atoms with Crippen LogP contribution < -0.4 is 0 Å². The van der Waals surface area contributed by atoms with Crippen LogP contribution in [-0.2, 0) is 16.0 Å². The van der Waals surface area contributed by atoms with Gasteiger partial charge in [-0.25, -0.2) is 4.39 Å². The van der Waals surface area contributed by atoms with Gasteiger partial charge in [0, 0.05) is 23.4 Å². The quantitative estimate of drug-likeness (QED) is 0.761. The van der Waals surface area contributed by atoms with Gasteiger partial charge in [-0.15, -0.1) is 11.3 Å². The fraction of sp³-hybridized carbons (Fsp3) is 0.455. The molecule has 1 fully saturated rings. The van der Waals surface area contributed by atoms with Crippen LogP contribution in [0.4, 0.5) is 4.39 Å². The lowest BCUT2D eigenvalue weighted by Gasteiger charge is -2.38. The molecule has 28 heavy (non-hydrogen) atoms. The van der Waals surface area contributed by atoms with Crippen molar-refractivity contribution in [1.82, 2.24) is 9.80 Å². The third kappa shape index (κ3) is 3.70. The van der Waals surface area contributed by atoms with Crippen molar-refractivity contribution < 1.29 is 14.0 Å². The second-order valence-corrected chi connectivity index (χ2v) is 8.94. The van der Waals surface area contributed by atoms with Gasteiger partial charge < -0.3 is 9.80 Å². The van der Waals surface area contributed by atoms with Crippen LogP contribution in [-0.4, -0.2) is 40.7 Å². The van der Waals surface area contributed by atoms with Gasteiger partial charge in [0.05, 0.1) is 6.04 Å². The molecule has 0 saturated heterocycles. The SMILES string of the molecule is CC(C)C(=O)N(CC(=O)N1CCc2sccc2[C@@H]1c1ccc(F)cc1)C1CC1. The highest BCUT2D eigenvalue weighted by Crippen LogP contribution is 2.38. The summed E-state index contributed by atoms with van der Waals surface area (Å²) in [5, 5.41) is 2.05. The number of carbonyl (C=O) groups excluding carboxylic acids is 2. The van der Waals surface area contributed by atoms with Crippen LogP contribution in [0.5, 0.6) is 0 Å². The summed E-state index contributed by atoms with van der Waals surface area (Å²) >= 11 is 1.70. The second kappa shape index (κ2) is 7.66.